The molecule has 1 atom stereocenters. The molecule has 2 aromatic heterocycles. The summed E-state index contributed by atoms with van der Waals surface area (Å²) >= 11 is 6.03. The molecule has 8 heteroatoms. The van der Waals surface area contributed by atoms with Crippen LogP contribution in [0.1, 0.15) is 24.4 Å². The lowest BCUT2D eigenvalue weighted by Crippen LogP contribution is -2.09. The lowest BCUT2D eigenvalue weighted by Gasteiger charge is -2.06. The Morgan fingerprint density at radius 2 is 1.81 bits per heavy atom. The molecule has 136 valence electrons. The third-order valence-electron chi connectivity index (χ3n) is 4.18. The van der Waals surface area contributed by atoms with Gasteiger partial charge in [-0.15, -0.1) is 5.10 Å². The van der Waals surface area contributed by atoms with Crippen molar-refractivity contribution < 1.29 is 5.11 Å². The normalized spacial score (nSPS) is 12.3. The van der Waals surface area contributed by atoms with E-state index in [1.165, 1.54) is 0 Å². The number of hydrogen-bond donors (Lipinski definition) is 1. The van der Waals surface area contributed by atoms with Crippen LogP contribution in [-0.2, 0) is 6.54 Å². The molecule has 7 nitrogen and oxygen atoms in total. The Balaban J connectivity index is 1.79. The summed E-state index contributed by atoms with van der Waals surface area (Å²) < 4.78 is 3.40. The molecule has 0 saturated heterocycles. The topological polar surface area (TPSA) is 81.7 Å². The second-order valence-electron chi connectivity index (χ2n) is 6.16. The van der Waals surface area contributed by atoms with Gasteiger partial charge >= 0.3 is 0 Å². The van der Waals surface area contributed by atoms with E-state index < -0.39 is 6.10 Å². The Labute approximate surface area is 160 Å². The number of aromatic nitrogens is 6. The van der Waals surface area contributed by atoms with Crippen molar-refractivity contribution in [1.82, 2.24) is 30.0 Å². The minimum Gasteiger partial charge on any atom is -0.385 e. The summed E-state index contributed by atoms with van der Waals surface area (Å²) in [4.78, 5) is 0. The fraction of sp³-hybridized carbons (Fsp3) is 0.158. The predicted molar refractivity (Wildman–Crippen MR) is 102 cm³/mol. The van der Waals surface area contributed by atoms with Gasteiger partial charge in [0.2, 0.25) is 0 Å². The fourth-order valence-corrected chi connectivity index (χ4v) is 3.00. The zero-order valence-corrected chi connectivity index (χ0v) is 15.3. The molecule has 4 rings (SSSR count). The molecule has 1 N–H and O–H groups in total. The Morgan fingerprint density at radius 3 is 2.52 bits per heavy atom. The summed E-state index contributed by atoms with van der Waals surface area (Å²) in [6.45, 7) is 2.02. The van der Waals surface area contributed by atoms with Crippen LogP contribution in [0, 0.1) is 0 Å². The van der Waals surface area contributed by atoms with Gasteiger partial charge in [0.25, 0.3) is 0 Å². The van der Waals surface area contributed by atoms with E-state index in [4.69, 9.17) is 16.7 Å². The van der Waals surface area contributed by atoms with Gasteiger partial charge in [0.1, 0.15) is 6.10 Å². The quantitative estimate of drug-likeness (QED) is 0.574. The molecule has 4 aromatic rings. The number of para-hydroxylation sites is 1. The summed E-state index contributed by atoms with van der Waals surface area (Å²) in [6, 6.07) is 17.4. The van der Waals surface area contributed by atoms with Gasteiger partial charge in [0.05, 0.1) is 17.9 Å². The molecule has 0 saturated carbocycles. The molecule has 0 spiro atoms. The summed E-state index contributed by atoms with van der Waals surface area (Å²) in [5, 5.41) is 26.9. The molecule has 2 aromatic carbocycles. The van der Waals surface area contributed by atoms with Crippen LogP contribution in [0.2, 0.25) is 5.02 Å². The molecule has 0 aliphatic heterocycles. The molecule has 0 radical (unpaired) electrons. The van der Waals surface area contributed by atoms with Gasteiger partial charge in [0, 0.05) is 22.3 Å². The van der Waals surface area contributed by atoms with E-state index in [-0.39, 0.29) is 0 Å². The van der Waals surface area contributed by atoms with Gasteiger partial charge in [0.15, 0.2) is 5.82 Å². The summed E-state index contributed by atoms with van der Waals surface area (Å²) in [7, 11) is 0. The third kappa shape index (κ3) is 3.60. The van der Waals surface area contributed by atoms with Crippen molar-refractivity contribution in [3.8, 4) is 16.9 Å². The Morgan fingerprint density at radius 1 is 1.07 bits per heavy atom. The van der Waals surface area contributed by atoms with Crippen LogP contribution in [0.3, 0.4) is 0 Å². The van der Waals surface area contributed by atoms with Crippen LogP contribution >= 0.6 is 11.6 Å². The van der Waals surface area contributed by atoms with Crippen LogP contribution < -0.4 is 0 Å². The van der Waals surface area contributed by atoms with Crippen molar-refractivity contribution in [1.29, 1.82) is 0 Å². The maximum absolute atomic E-state index is 9.87. The van der Waals surface area contributed by atoms with E-state index in [9.17, 15) is 5.11 Å². The molecule has 0 fully saturated rings. The first kappa shape index (κ1) is 17.4. The van der Waals surface area contributed by atoms with Crippen LogP contribution in [0.25, 0.3) is 16.9 Å². The third-order valence-corrected chi connectivity index (χ3v) is 4.43. The van der Waals surface area contributed by atoms with Gasteiger partial charge in [-0.25, -0.2) is 9.36 Å². The maximum Gasteiger partial charge on any atom is 0.180 e. The predicted octanol–water partition coefficient (Wildman–Crippen LogP) is 3.28. The molecule has 0 unspecified atom stereocenters. The molecular weight excluding hydrogens is 364 g/mol. The Hall–Kier alpha value is -3.03. The minimum atomic E-state index is -0.761. The molecule has 0 aliphatic rings. The lowest BCUT2D eigenvalue weighted by molar-refractivity contribution is 0.182. The SMILES string of the molecule is C[C@H](O)c1nnnn1Cc1cn(-c2ccccc2)nc1-c1ccc(Cl)cc1. The van der Waals surface area contributed by atoms with E-state index >= 15 is 0 Å². The van der Waals surface area contributed by atoms with E-state index in [0.29, 0.717) is 17.4 Å². The zero-order valence-electron chi connectivity index (χ0n) is 14.6. The monoisotopic (exact) mass is 380 g/mol. The zero-order chi connectivity index (χ0) is 18.8. The molecule has 2 heterocycles. The summed E-state index contributed by atoms with van der Waals surface area (Å²) in [6.07, 6.45) is 1.19. The number of benzene rings is 2. The highest BCUT2D eigenvalue weighted by molar-refractivity contribution is 6.30. The van der Waals surface area contributed by atoms with Crippen molar-refractivity contribution in [3.05, 3.63) is 77.2 Å². The number of rotatable bonds is 5. The first-order valence-corrected chi connectivity index (χ1v) is 8.83. The lowest BCUT2D eigenvalue weighted by atomic mass is 10.1. The van der Waals surface area contributed by atoms with E-state index in [2.05, 4.69) is 15.5 Å². The molecular formula is C19H17ClN6O. The van der Waals surface area contributed by atoms with Gasteiger partial charge in [-0.1, -0.05) is 41.9 Å². The van der Waals surface area contributed by atoms with Crippen molar-refractivity contribution in [2.45, 2.75) is 19.6 Å². The van der Waals surface area contributed by atoms with Crippen molar-refractivity contribution in [2.75, 3.05) is 0 Å². The summed E-state index contributed by atoms with van der Waals surface area (Å²) in [5.41, 5.74) is 3.63. The number of aliphatic hydroxyl groups is 1. The Kier molecular flexibility index (Phi) is 4.70. The van der Waals surface area contributed by atoms with Gasteiger partial charge in [-0.3, -0.25) is 0 Å². The van der Waals surface area contributed by atoms with Crippen LogP contribution in [0.4, 0.5) is 0 Å². The van der Waals surface area contributed by atoms with Crippen molar-refractivity contribution >= 4 is 11.6 Å². The van der Waals surface area contributed by atoms with E-state index in [1.807, 2.05) is 65.5 Å². The minimum absolute atomic E-state index is 0.387. The molecule has 27 heavy (non-hydrogen) atoms. The average Bonchev–Trinajstić information content (AvgIpc) is 3.31. The van der Waals surface area contributed by atoms with Crippen LogP contribution in [0.5, 0.6) is 0 Å². The number of hydrogen-bond acceptors (Lipinski definition) is 5. The molecule has 0 amide bonds. The second kappa shape index (κ2) is 7.30. The summed E-state index contributed by atoms with van der Waals surface area (Å²) in [5.74, 6) is 0.407. The highest BCUT2D eigenvalue weighted by atomic mass is 35.5. The van der Waals surface area contributed by atoms with E-state index in [0.717, 1.165) is 22.5 Å². The number of tetrazole rings is 1. The first-order chi connectivity index (χ1) is 13.1. The molecule has 0 aliphatic carbocycles. The maximum atomic E-state index is 9.87. The average molecular weight is 381 g/mol. The second-order valence-corrected chi connectivity index (χ2v) is 6.60. The smallest absolute Gasteiger partial charge is 0.180 e. The van der Waals surface area contributed by atoms with Gasteiger partial charge in [-0.2, -0.15) is 5.10 Å². The van der Waals surface area contributed by atoms with Gasteiger partial charge in [-0.05, 0) is 41.6 Å². The van der Waals surface area contributed by atoms with Crippen LogP contribution in [-0.4, -0.2) is 35.1 Å². The van der Waals surface area contributed by atoms with E-state index in [1.54, 1.807) is 11.6 Å². The Bertz CT molecular complexity index is 1040. The highest BCUT2D eigenvalue weighted by Gasteiger charge is 2.17. The number of nitrogens with zero attached hydrogens (tertiary/aromatic N) is 6. The highest BCUT2D eigenvalue weighted by Crippen LogP contribution is 2.26. The standard InChI is InChI=1S/C19H17ClN6O/c1-13(27)19-21-23-24-26(19)12-15-11-25(17-5-3-2-4-6-17)22-18(15)14-7-9-16(20)10-8-14/h2-11,13,27H,12H2,1H3/t13-/m0/s1. The number of halogens is 1. The van der Waals surface area contributed by atoms with Crippen LogP contribution in [0.15, 0.2) is 60.8 Å². The number of aliphatic hydroxyl groups excluding tert-OH is 1. The van der Waals surface area contributed by atoms with Crippen molar-refractivity contribution in [3.63, 3.8) is 0 Å². The largest absolute Gasteiger partial charge is 0.385 e. The first-order valence-electron chi connectivity index (χ1n) is 8.46. The van der Waals surface area contributed by atoms with Crippen molar-refractivity contribution in [2.24, 2.45) is 0 Å². The molecule has 0 bridgehead atoms. The van der Waals surface area contributed by atoms with Gasteiger partial charge < -0.3 is 5.11 Å². The fourth-order valence-electron chi connectivity index (χ4n) is 2.87.